The number of rotatable bonds is 5. The van der Waals surface area contributed by atoms with Gasteiger partial charge < -0.3 is 15.6 Å². The predicted octanol–water partition coefficient (Wildman–Crippen LogP) is 2.38. The molecule has 1 unspecified atom stereocenters. The number of nitrogens with one attached hydrogen (secondary N) is 3. The first-order chi connectivity index (χ1) is 9.61. The highest BCUT2D eigenvalue weighted by molar-refractivity contribution is 6.33. The highest BCUT2D eigenvalue weighted by Crippen LogP contribution is 2.17. The lowest BCUT2D eigenvalue weighted by molar-refractivity contribution is 0.0933. The standard InChI is InChI=1S/C13H16ClN5O/c1-3-15-10-5-4-9(14)11(19-10)13(20)18-8(2)12-16-6-7-17-12/h4-8H,3H2,1-2H3,(H,15,19)(H,16,17)(H,18,20). The van der Waals surface area contributed by atoms with E-state index in [1.165, 1.54) is 0 Å². The van der Waals surface area contributed by atoms with E-state index in [0.717, 1.165) is 6.54 Å². The summed E-state index contributed by atoms with van der Waals surface area (Å²) in [6, 6.07) is 3.13. The van der Waals surface area contributed by atoms with Crippen LogP contribution in [0.25, 0.3) is 0 Å². The third kappa shape index (κ3) is 3.27. The largest absolute Gasteiger partial charge is 0.370 e. The van der Waals surface area contributed by atoms with Gasteiger partial charge in [-0.3, -0.25) is 4.79 Å². The molecular formula is C13H16ClN5O. The second kappa shape index (κ2) is 6.38. The predicted molar refractivity (Wildman–Crippen MR) is 77.9 cm³/mol. The van der Waals surface area contributed by atoms with E-state index in [4.69, 9.17) is 11.6 Å². The first-order valence-electron chi connectivity index (χ1n) is 6.32. The average Bonchev–Trinajstić information content (AvgIpc) is 2.95. The molecule has 0 saturated carbocycles. The van der Waals surface area contributed by atoms with Gasteiger partial charge in [0, 0.05) is 18.9 Å². The van der Waals surface area contributed by atoms with Gasteiger partial charge in [-0.05, 0) is 26.0 Å². The van der Waals surface area contributed by atoms with E-state index >= 15 is 0 Å². The quantitative estimate of drug-likeness (QED) is 0.790. The van der Waals surface area contributed by atoms with Gasteiger partial charge in [-0.15, -0.1) is 0 Å². The maximum atomic E-state index is 12.2. The zero-order valence-corrected chi connectivity index (χ0v) is 12.0. The van der Waals surface area contributed by atoms with Gasteiger partial charge in [-0.1, -0.05) is 11.6 Å². The maximum absolute atomic E-state index is 12.2. The highest BCUT2D eigenvalue weighted by Gasteiger charge is 2.17. The molecule has 0 radical (unpaired) electrons. The Kier molecular flexibility index (Phi) is 4.57. The number of pyridine rings is 1. The van der Waals surface area contributed by atoms with Crippen LogP contribution in [0.2, 0.25) is 5.02 Å². The molecule has 106 valence electrons. The second-order valence-corrected chi connectivity index (χ2v) is 4.63. The summed E-state index contributed by atoms with van der Waals surface area (Å²) in [4.78, 5) is 23.5. The number of hydrogen-bond donors (Lipinski definition) is 3. The van der Waals surface area contributed by atoms with E-state index in [1.54, 1.807) is 24.5 Å². The van der Waals surface area contributed by atoms with Crippen molar-refractivity contribution in [2.75, 3.05) is 11.9 Å². The van der Waals surface area contributed by atoms with Crippen molar-refractivity contribution in [3.8, 4) is 0 Å². The monoisotopic (exact) mass is 293 g/mol. The fraction of sp³-hybridized carbons (Fsp3) is 0.308. The third-order valence-corrected chi connectivity index (χ3v) is 3.00. The van der Waals surface area contributed by atoms with E-state index in [1.807, 2.05) is 13.8 Å². The van der Waals surface area contributed by atoms with E-state index in [-0.39, 0.29) is 17.6 Å². The molecule has 7 heteroatoms. The summed E-state index contributed by atoms with van der Waals surface area (Å²) < 4.78 is 0. The molecule has 2 heterocycles. The van der Waals surface area contributed by atoms with Gasteiger partial charge in [0.25, 0.3) is 5.91 Å². The molecule has 1 atom stereocenters. The van der Waals surface area contributed by atoms with Crippen LogP contribution in [0.3, 0.4) is 0 Å². The molecule has 0 fully saturated rings. The smallest absolute Gasteiger partial charge is 0.272 e. The summed E-state index contributed by atoms with van der Waals surface area (Å²) in [5.74, 6) is 0.962. The minimum Gasteiger partial charge on any atom is -0.370 e. The van der Waals surface area contributed by atoms with Crippen molar-refractivity contribution in [2.24, 2.45) is 0 Å². The number of amides is 1. The first kappa shape index (κ1) is 14.3. The van der Waals surface area contributed by atoms with Gasteiger partial charge in [0.05, 0.1) is 11.1 Å². The summed E-state index contributed by atoms with van der Waals surface area (Å²) in [7, 11) is 0. The fourth-order valence-electron chi connectivity index (χ4n) is 1.73. The van der Waals surface area contributed by atoms with Gasteiger partial charge in [-0.25, -0.2) is 9.97 Å². The molecule has 0 aliphatic carbocycles. The van der Waals surface area contributed by atoms with Crippen LogP contribution in [-0.2, 0) is 0 Å². The molecule has 0 aromatic carbocycles. The molecule has 20 heavy (non-hydrogen) atoms. The van der Waals surface area contributed by atoms with Gasteiger partial charge in [0.15, 0.2) is 0 Å². The zero-order chi connectivity index (χ0) is 14.5. The van der Waals surface area contributed by atoms with Crippen molar-refractivity contribution < 1.29 is 4.79 Å². The Labute approximate surface area is 122 Å². The number of imidazole rings is 1. The molecule has 2 aromatic rings. The molecule has 0 aliphatic heterocycles. The minimum absolute atomic E-state index is 0.198. The summed E-state index contributed by atoms with van der Waals surface area (Å²) in [6.07, 6.45) is 3.34. The third-order valence-electron chi connectivity index (χ3n) is 2.70. The number of nitrogens with zero attached hydrogens (tertiary/aromatic N) is 2. The normalized spacial score (nSPS) is 11.9. The molecule has 0 saturated heterocycles. The zero-order valence-electron chi connectivity index (χ0n) is 11.3. The van der Waals surface area contributed by atoms with Crippen LogP contribution < -0.4 is 10.6 Å². The van der Waals surface area contributed by atoms with Crippen molar-refractivity contribution in [2.45, 2.75) is 19.9 Å². The Hall–Kier alpha value is -2.08. The molecule has 0 aliphatic rings. The van der Waals surface area contributed by atoms with Crippen LogP contribution in [0.5, 0.6) is 0 Å². The number of aromatic amines is 1. The number of carbonyl (C=O) groups is 1. The molecule has 1 amide bonds. The summed E-state index contributed by atoms with van der Waals surface area (Å²) >= 11 is 6.03. The van der Waals surface area contributed by atoms with Crippen molar-refractivity contribution in [3.05, 3.63) is 41.1 Å². The lowest BCUT2D eigenvalue weighted by atomic mass is 10.2. The minimum atomic E-state index is -0.335. The lowest BCUT2D eigenvalue weighted by Gasteiger charge is -2.12. The highest BCUT2D eigenvalue weighted by atomic mass is 35.5. The Balaban J connectivity index is 2.14. The van der Waals surface area contributed by atoms with Crippen LogP contribution in [-0.4, -0.2) is 27.4 Å². The van der Waals surface area contributed by atoms with Crippen molar-refractivity contribution in [1.82, 2.24) is 20.3 Å². The summed E-state index contributed by atoms with van der Waals surface area (Å²) in [6.45, 7) is 4.51. The van der Waals surface area contributed by atoms with Crippen LogP contribution in [0, 0.1) is 0 Å². The molecule has 6 nitrogen and oxygen atoms in total. The van der Waals surface area contributed by atoms with Crippen LogP contribution in [0.4, 0.5) is 5.82 Å². The van der Waals surface area contributed by atoms with E-state index in [0.29, 0.717) is 16.7 Å². The van der Waals surface area contributed by atoms with Gasteiger partial charge in [0.2, 0.25) is 0 Å². The van der Waals surface area contributed by atoms with Crippen LogP contribution >= 0.6 is 11.6 Å². The number of halogens is 1. The number of aromatic nitrogens is 3. The van der Waals surface area contributed by atoms with E-state index in [2.05, 4.69) is 25.6 Å². The average molecular weight is 294 g/mol. The maximum Gasteiger partial charge on any atom is 0.272 e. The Morgan fingerprint density at radius 2 is 2.30 bits per heavy atom. The molecule has 2 aromatic heterocycles. The topological polar surface area (TPSA) is 82.7 Å². The number of hydrogen-bond acceptors (Lipinski definition) is 4. The van der Waals surface area contributed by atoms with E-state index in [9.17, 15) is 4.79 Å². The van der Waals surface area contributed by atoms with Crippen molar-refractivity contribution in [3.63, 3.8) is 0 Å². The fourth-order valence-corrected chi connectivity index (χ4v) is 1.92. The summed E-state index contributed by atoms with van der Waals surface area (Å²) in [5, 5.41) is 6.16. The molecule has 0 bridgehead atoms. The number of carbonyl (C=O) groups excluding carboxylic acids is 1. The van der Waals surface area contributed by atoms with Crippen LogP contribution in [0.15, 0.2) is 24.5 Å². The van der Waals surface area contributed by atoms with Gasteiger partial charge >= 0.3 is 0 Å². The SMILES string of the molecule is CCNc1ccc(Cl)c(C(=O)NC(C)c2ncc[nH]2)n1. The number of H-pyrrole nitrogens is 1. The molecule has 2 rings (SSSR count). The lowest BCUT2D eigenvalue weighted by Crippen LogP contribution is -2.28. The summed E-state index contributed by atoms with van der Waals surface area (Å²) in [5.41, 5.74) is 0.198. The Morgan fingerprint density at radius 3 is 2.95 bits per heavy atom. The van der Waals surface area contributed by atoms with Crippen molar-refractivity contribution >= 4 is 23.3 Å². The van der Waals surface area contributed by atoms with Crippen molar-refractivity contribution in [1.29, 1.82) is 0 Å². The molecule has 0 spiro atoms. The Bertz CT molecular complexity index is 584. The molecular weight excluding hydrogens is 278 g/mol. The van der Waals surface area contributed by atoms with E-state index < -0.39 is 0 Å². The second-order valence-electron chi connectivity index (χ2n) is 4.23. The van der Waals surface area contributed by atoms with Gasteiger partial charge in [0.1, 0.15) is 17.3 Å². The number of anilines is 1. The first-order valence-corrected chi connectivity index (χ1v) is 6.70. The Morgan fingerprint density at radius 1 is 1.50 bits per heavy atom. The molecule has 3 N–H and O–H groups in total. The van der Waals surface area contributed by atoms with Gasteiger partial charge in [-0.2, -0.15) is 0 Å². The van der Waals surface area contributed by atoms with Crippen LogP contribution in [0.1, 0.15) is 36.2 Å².